The third kappa shape index (κ3) is 5.20. The average molecular weight is 481 g/mol. The molecule has 4 amide bonds. The van der Waals surface area contributed by atoms with Crippen LogP contribution in [0, 0.1) is 6.92 Å². The van der Waals surface area contributed by atoms with E-state index in [-0.39, 0.29) is 23.7 Å². The van der Waals surface area contributed by atoms with Crippen molar-refractivity contribution < 1.29 is 27.5 Å². The van der Waals surface area contributed by atoms with Gasteiger partial charge < -0.3 is 15.4 Å². The average Bonchev–Trinajstić information content (AvgIpc) is 3.00. The van der Waals surface area contributed by atoms with Gasteiger partial charge in [0.25, 0.3) is 5.91 Å². The number of morpholine rings is 1. The maximum Gasteiger partial charge on any atom is 0.325 e. The van der Waals surface area contributed by atoms with Gasteiger partial charge in [0, 0.05) is 18.8 Å². The Morgan fingerprint density at radius 3 is 2.39 bits per heavy atom. The van der Waals surface area contributed by atoms with Gasteiger partial charge in [-0.15, -0.1) is 0 Å². The molecular weight excluding hydrogens is 448 g/mol. The van der Waals surface area contributed by atoms with E-state index in [9.17, 15) is 22.8 Å². The summed E-state index contributed by atoms with van der Waals surface area (Å²) in [6.45, 7) is 6.31. The van der Waals surface area contributed by atoms with Crippen LogP contribution < -0.4 is 10.6 Å². The lowest BCUT2D eigenvalue weighted by molar-refractivity contribution is -0.134. The van der Waals surface area contributed by atoms with E-state index in [0.717, 1.165) is 17.7 Å². The van der Waals surface area contributed by atoms with Crippen molar-refractivity contribution in [2.75, 3.05) is 38.2 Å². The number of anilines is 1. The Bertz CT molecular complexity index is 1010. The van der Waals surface area contributed by atoms with Gasteiger partial charge in [0.1, 0.15) is 12.1 Å². The lowest BCUT2D eigenvalue weighted by atomic mass is 9.88. The largest absolute Gasteiger partial charge is 0.379 e. The second kappa shape index (κ2) is 10.2. The van der Waals surface area contributed by atoms with Crippen LogP contribution in [0.1, 0.15) is 45.1 Å². The Kier molecular flexibility index (Phi) is 7.76. The first kappa shape index (κ1) is 25.1. The molecular formula is C22H32N4O6S. The number of amides is 4. The third-order valence-electron chi connectivity index (χ3n) is 5.96. The molecule has 33 heavy (non-hydrogen) atoms. The lowest BCUT2D eigenvalue weighted by Crippen LogP contribution is -2.47. The van der Waals surface area contributed by atoms with E-state index >= 15 is 0 Å². The first-order chi connectivity index (χ1) is 15.6. The van der Waals surface area contributed by atoms with Crippen LogP contribution in [0.25, 0.3) is 0 Å². The summed E-state index contributed by atoms with van der Waals surface area (Å²) in [4.78, 5) is 39.1. The topological polar surface area (TPSA) is 125 Å². The number of imide groups is 1. The van der Waals surface area contributed by atoms with Crippen molar-refractivity contribution in [2.24, 2.45) is 0 Å². The summed E-state index contributed by atoms with van der Waals surface area (Å²) >= 11 is 0. The molecule has 2 saturated heterocycles. The number of ether oxygens (including phenoxy) is 1. The number of urea groups is 1. The van der Waals surface area contributed by atoms with Crippen molar-refractivity contribution in [1.29, 1.82) is 0 Å². The van der Waals surface area contributed by atoms with Crippen LogP contribution in [0.5, 0.6) is 0 Å². The fraction of sp³-hybridized carbons (Fsp3) is 0.591. The van der Waals surface area contributed by atoms with Crippen LogP contribution in [0.4, 0.5) is 10.5 Å². The van der Waals surface area contributed by atoms with Gasteiger partial charge in [-0.25, -0.2) is 13.2 Å². The molecule has 2 fully saturated rings. The minimum atomic E-state index is -3.75. The lowest BCUT2D eigenvalue weighted by Gasteiger charge is -2.27. The maximum atomic E-state index is 13.1. The van der Waals surface area contributed by atoms with E-state index in [2.05, 4.69) is 10.6 Å². The highest BCUT2D eigenvalue weighted by Gasteiger charge is 2.50. The second-order valence-electron chi connectivity index (χ2n) is 8.45. The fourth-order valence-corrected chi connectivity index (χ4v) is 6.02. The summed E-state index contributed by atoms with van der Waals surface area (Å²) in [6.07, 6.45) is 2.44. The molecule has 0 unspecified atom stereocenters. The fourth-order valence-electron chi connectivity index (χ4n) is 4.36. The molecule has 10 nitrogen and oxygen atoms in total. The summed E-state index contributed by atoms with van der Waals surface area (Å²) < 4.78 is 32.7. The molecule has 2 aliphatic rings. The molecule has 0 atom stereocenters. The Labute approximate surface area is 194 Å². The molecule has 0 spiro atoms. The molecule has 1 aromatic carbocycles. The minimum Gasteiger partial charge on any atom is -0.379 e. The molecule has 0 saturated carbocycles. The summed E-state index contributed by atoms with van der Waals surface area (Å²) in [7, 11) is -3.75. The minimum absolute atomic E-state index is 0.0992. The van der Waals surface area contributed by atoms with E-state index < -0.39 is 40.0 Å². The number of carbonyl (C=O) groups is 3. The quantitative estimate of drug-likeness (QED) is 0.520. The zero-order valence-electron chi connectivity index (χ0n) is 19.3. The SMILES string of the molecule is CCCC1(CCC)NC(=O)N(CC(=O)Nc2ccc(C)c(S(=O)(=O)N3CCOCC3)c2)C1=O. The number of rotatable bonds is 9. The van der Waals surface area contributed by atoms with Gasteiger partial charge in [0.2, 0.25) is 15.9 Å². The van der Waals surface area contributed by atoms with E-state index in [1.165, 1.54) is 10.4 Å². The number of carbonyl (C=O) groups excluding carboxylic acids is 3. The van der Waals surface area contributed by atoms with Crippen molar-refractivity contribution in [3.05, 3.63) is 23.8 Å². The van der Waals surface area contributed by atoms with Gasteiger partial charge in [0.05, 0.1) is 18.1 Å². The Morgan fingerprint density at radius 1 is 1.15 bits per heavy atom. The number of hydrogen-bond acceptors (Lipinski definition) is 6. The zero-order chi connectivity index (χ0) is 24.2. The van der Waals surface area contributed by atoms with E-state index in [1.54, 1.807) is 19.1 Å². The van der Waals surface area contributed by atoms with Gasteiger partial charge in [-0.05, 0) is 37.5 Å². The van der Waals surface area contributed by atoms with Gasteiger partial charge >= 0.3 is 6.03 Å². The molecule has 3 rings (SSSR count). The van der Waals surface area contributed by atoms with Gasteiger partial charge in [-0.3, -0.25) is 14.5 Å². The molecule has 182 valence electrons. The van der Waals surface area contributed by atoms with Crippen LogP contribution in [-0.2, 0) is 24.3 Å². The number of sulfonamides is 1. The van der Waals surface area contributed by atoms with E-state index in [4.69, 9.17) is 4.74 Å². The van der Waals surface area contributed by atoms with E-state index in [1.807, 2.05) is 13.8 Å². The molecule has 1 aromatic rings. The Balaban J connectivity index is 1.74. The van der Waals surface area contributed by atoms with Crippen LogP contribution in [-0.4, -0.2) is 73.9 Å². The van der Waals surface area contributed by atoms with Crippen molar-refractivity contribution in [3.63, 3.8) is 0 Å². The predicted octanol–water partition coefficient (Wildman–Crippen LogP) is 1.85. The first-order valence-electron chi connectivity index (χ1n) is 11.3. The summed E-state index contributed by atoms with van der Waals surface area (Å²) in [5, 5.41) is 5.40. The molecule has 2 aliphatic heterocycles. The summed E-state index contributed by atoms with van der Waals surface area (Å²) in [5.41, 5.74) is -0.139. The number of benzene rings is 1. The molecule has 2 heterocycles. The highest BCUT2D eigenvalue weighted by Crippen LogP contribution is 2.28. The number of nitrogens with one attached hydrogen (secondary N) is 2. The van der Waals surface area contributed by atoms with Gasteiger partial charge in [-0.2, -0.15) is 4.31 Å². The van der Waals surface area contributed by atoms with Gasteiger partial charge in [-0.1, -0.05) is 32.8 Å². The molecule has 0 radical (unpaired) electrons. The van der Waals surface area contributed by atoms with Crippen LogP contribution in [0.15, 0.2) is 23.1 Å². The Hall–Kier alpha value is -2.50. The Morgan fingerprint density at radius 2 is 1.79 bits per heavy atom. The molecule has 11 heteroatoms. The molecule has 0 aliphatic carbocycles. The highest BCUT2D eigenvalue weighted by atomic mass is 32.2. The molecule has 2 N–H and O–H groups in total. The summed E-state index contributed by atoms with van der Waals surface area (Å²) in [5.74, 6) is -0.980. The van der Waals surface area contributed by atoms with Crippen molar-refractivity contribution in [2.45, 2.75) is 56.9 Å². The molecule has 0 aromatic heterocycles. The first-order valence-corrected chi connectivity index (χ1v) is 12.7. The predicted molar refractivity (Wildman–Crippen MR) is 122 cm³/mol. The van der Waals surface area contributed by atoms with E-state index in [0.29, 0.717) is 31.6 Å². The number of nitrogens with zero attached hydrogens (tertiary/aromatic N) is 2. The normalized spacial score (nSPS) is 18.9. The maximum absolute atomic E-state index is 13.1. The van der Waals surface area contributed by atoms with Crippen molar-refractivity contribution in [3.8, 4) is 0 Å². The van der Waals surface area contributed by atoms with Crippen molar-refractivity contribution >= 4 is 33.6 Å². The highest BCUT2D eigenvalue weighted by molar-refractivity contribution is 7.89. The van der Waals surface area contributed by atoms with Crippen LogP contribution in [0.3, 0.4) is 0 Å². The standard InChI is InChI=1S/C22H32N4O6S/c1-4-8-22(9-5-2)20(28)26(21(29)24-22)15-19(27)23-17-7-6-16(3)18(14-17)33(30,31)25-10-12-32-13-11-25/h6-7,14H,4-5,8-13,15H2,1-3H3,(H,23,27)(H,24,29). The zero-order valence-corrected chi connectivity index (χ0v) is 20.2. The van der Waals surface area contributed by atoms with Gasteiger partial charge in [0.15, 0.2) is 0 Å². The third-order valence-corrected chi connectivity index (χ3v) is 8.00. The smallest absolute Gasteiger partial charge is 0.325 e. The second-order valence-corrected chi connectivity index (χ2v) is 10.4. The van der Waals surface area contributed by atoms with Crippen LogP contribution in [0.2, 0.25) is 0 Å². The van der Waals surface area contributed by atoms with Crippen LogP contribution >= 0.6 is 0 Å². The number of hydrogen-bond donors (Lipinski definition) is 2. The number of aryl methyl sites for hydroxylation is 1. The van der Waals surface area contributed by atoms with Crippen molar-refractivity contribution in [1.82, 2.24) is 14.5 Å². The molecule has 0 bridgehead atoms. The summed E-state index contributed by atoms with van der Waals surface area (Å²) in [6, 6.07) is 4.03. The monoisotopic (exact) mass is 480 g/mol.